The first-order valence-electron chi connectivity index (χ1n) is 6.05. The van der Waals surface area contributed by atoms with E-state index in [0.29, 0.717) is 29.3 Å². The number of aromatic nitrogens is 2. The lowest BCUT2D eigenvalue weighted by Gasteiger charge is -2.06. The van der Waals surface area contributed by atoms with E-state index in [1.807, 2.05) is 13.0 Å². The Hall–Kier alpha value is -2.04. The third kappa shape index (κ3) is 1.40. The van der Waals surface area contributed by atoms with Gasteiger partial charge in [-0.15, -0.1) is 0 Å². The summed E-state index contributed by atoms with van der Waals surface area (Å²) >= 11 is 0. The molecule has 0 saturated heterocycles. The molecule has 5 heteroatoms. The zero-order chi connectivity index (χ0) is 12.9. The van der Waals surface area contributed by atoms with Crippen LogP contribution in [0, 0.1) is 18.8 Å². The Morgan fingerprint density at radius 2 is 2.11 bits per heavy atom. The average molecular weight is 247 g/mol. The number of aryl methyl sites for hydroxylation is 1. The van der Waals surface area contributed by atoms with Gasteiger partial charge in [0.05, 0.1) is 4.43 Å². The molecule has 0 saturated carbocycles. The van der Waals surface area contributed by atoms with E-state index >= 15 is 0 Å². The minimum atomic E-state index is 0.395. The van der Waals surface area contributed by atoms with Gasteiger partial charge in [0.2, 0.25) is 5.76 Å². The minimum Gasteiger partial charge on any atom is -0.455 e. The lowest BCUT2D eigenvalue weighted by molar-refractivity contribution is -0.495. The summed E-state index contributed by atoms with van der Waals surface area (Å²) in [6, 6.07) is 3.57. The van der Waals surface area contributed by atoms with Gasteiger partial charge in [-0.3, -0.25) is 0 Å². The third-order valence-corrected chi connectivity index (χ3v) is 3.50. The van der Waals surface area contributed by atoms with Gasteiger partial charge in [0.1, 0.15) is 17.1 Å². The Bertz CT molecular complexity index is 682. The van der Waals surface area contributed by atoms with E-state index in [0.717, 1.165) is 33.5 Å². The molecule has 0 bridgehead atoms. The van der Waals surface area contributed by atoms with Gasteiger partial charge >= 0.3 is 5.69 Å². The molecule has 2 aromatic heterocycles. The highest BCUT2D eigenvalue weighted by Gasteiger charge is 2.33. The van der Waals surface area contributed by atoms with Crippen LogP contribution in [-0.4, -0.2) is 9.94 Å². The van der Waals surface area contributed by atoms with Crippen molar-refractivity contribution < 1.29 is 14.1 Å². The lowest BCUT2D eigenvalue weighted by Crippen LogP contribution is -2.29. The van der Waals surface area contributed by atoms with Gasteiger partial charge in [-0.1, -0.05) is 0 Å². The van der Waals surface area contributed by atoms with Crippen LogP contribution >= 0.6 is 0 Å². The Balaban J connectivity index is 2.34. The Kier molecular flexibility index (Phi) is 2.29. The van der Waals surface area contributed by atoms with Crippen molar-refractivity contribution >= 4 is 0 Å². The maximum absolute atomic E-state index is 12.4. The van der Waals surface area contributed by atoms with Gasteiger partial charge in [-0.2, -0.15) is 4.73 Å². The van der Waals surface area contributed by atoms with Crippen molar-refractivity contribution in [1.29, 1.82) is 0 Å². The molecule has 0 unspecified atom stereocenters. The van der Waals surface area contributed by atoms with E-state index in [1.54, 1.807) is 13.0 Å². The summed E-state index contributed by atoms with van der Waals surface area (Å²) in [5, 5.41) is 10.1. The van der Waals surface area contributed by atoms with Crippen LogP contribution in [0.5, 0.6) is 0 Å². The molecule has 1 aliphatic rings. The Morgan fingerprint density at radius 1 is 1.33 bits per heavy atom. The van der Waals surface area contributed by atoms with Crippen LogP contribution in [0.25, 0.3) is 11.5 Å². The number of hydrogen-bond acceptors (Lipinski definition) is 3. The van der Waals surface area contributed by atoms with Crippen LogP contribution < -0.4 is 4.43 Å². The smallest absolute Gasteiger partial charge is 0.327 e. The molecule has 0 fully saturated rings. The molecule has 2 aromatic rings. The molecule has 3 rings (SSSR count). The molecule has 0 aromatic carbocycles. The average Bonchev–Trinajstić information content (AvgIpc) is 2.95. The second-order valence-corrected chi connectivity index (χ2v) is 4.70. The van der Waals surface area contributed by atoms with Crippen LogP contribution in [0.4, 0.5) is 0 Å². The molecule has 1 aliphatic carbocycles. The second-order valence-electron chi connectivity index (χ2n) is 4.70. The first-order valence-corrected chi connectivity index (χ1v) is 6.05. The maximum Gasteiger partial charge on any atom is 0.327 e. The molecule has 0 spiro atoms. The molecular formula is C13H15N2O3+. The van der Waals surface area contributed by atoms with E-state index < -0.39 is 0 Å². The fourth-order valence-corrected chi connectivity index (χ4v) is 2.58. The summed E-state index contributed by atoms with van der Waals surface area (Å²) in [7, 11) is 0. The lowest BCUT2D eigenvalue weighted by atomic mass is 10.2. The van der Waals surface area contributed by atoms with Gasteiger partial charge in [0.15, 0.2) is 0 Å². The van der Waals surface area contributed by atoms with Crippen molar-refractivity contribution in [2.45, 2.75) is 33.1 Å². The molecule has 0 amide bonds. The fourth-order valence-electron chi connectivity index (χ4n) is 2.58. The molecule has 1 N–H and O–H groups in total. The fraction of sp³-hybridized carbons (Fsp3) is 0.385. The molecule has 0 aliphatic heterocycles. The number of fused-ring (bicyclic) bond motifs is 1. The van der Waals surface area contributed by atoms with Gasteiger partial charge in [-0.25, -0.2) is 0 Å². The number of hydrogen-bond donors (Lipinski definition) is 1. The van der Waals surface area contributed by atoms with Crippen molar-refractivity contribution in [3.05, 3.63) is 39.9 Å². The topological polar surface area (TPSA) is 61.3 Å². The summed E-state index contributed by atoms with van der Waals surface area (Å²) in [4.78, 5) is 12.4. The highest BCUT2D eigenvalue weighted by molar-refractivity contribution is 5.52. The first-order chi connectivity index (χ1) is 8.59. The third-order valence-electron chi connectivity index (χ3n) is 3.50. The molecule has 18 heavy (non-hydrogen) atoms. The van der Waals surface area contributed by atoms with E-state index in [4.69, 9.17) is 4.42 Å². The predicted molar refractivity (Wildman–Crippen MR) is 64.2 cm³/mol. The van der Waals surface area contributed by atoms with E-state index in [-0.39, 0.29) is 0 Å². The summed E-state index contributed by atoms with van der Waals surface area (Å²) in [5.41, 5.74) is 2.27. The van der Waals surface area contributed by atoms with Crippen molar-refractivity contribution in [2.24, 2.45) is 0 Å². The van der Waals surface area contributed by atoms with Gasteiger partial charge < -0.3 is 9.62 Å². The molecule has 94 valence electrons. The summed E-state index contributed by atoms with van der Waals surface area (Å²) in [6.45, 7) is 3.55. The molecule has 2 heterocycles. The Morgan fingerprint density at radius 3 is 2.78 bits per heavy atom. The predicted octanol–water partition coefficient (Wildman–Crippen LogP) is 2.01. The van der Waals surface area contributed by atoms with Crippen LogP contribution in [0.3, 0.4) is 0 Å². The highest BCUT2D eigenvalue weighted by atomic mass is 16.5. The van der Waals surface area contributed by atoms with Crippen molar-refractivity contribution in [3.8, 4) is 11.5 Å². The SMILES string of the molecule is Cc1ccc(-c2c(C)n(O)c3c([n+]2=O)CCC3)o1. The standard InChI is InChI=1S/C13H15N2O3/c1-8-6-7-12(18-8)13-9(2)14(16)10-4-3-5-11(10)15(13)17/h6-7,16H,3-5H2,1-2H3/q+1. The monoisotopic (exact) mass is 247 g/mol. The minimum absolute atomic E-state index is 0.395. The van der Waals surface area contributed by atoms with E-state index in [2.05, 4.69) is 0 Å². The first kappa shape index (κ1) is 11.1. The number of rotatable bonds is 1. The highest BCUT2D eigenvalue weighted by Crippen LogP contribution is 2.26. The van der Waals surface area contributed by atoms with Gasteiger partial charge in [0.25, 0.3) is 5.69 Å². The number of furan rings is 1. The van der Waals surface area contributed by atoms with Crippen LogP contribution in [-0.2, 0) is 12.8 Å². The molecular weight excluding hydrogens is 232 g/mol. The van der Waals surface area contributed by atoms with Crippen LogP contribution in [0.15, 0.2) is 16.5 Å². The van der Waals surface area contributed by atoms with Crippen molar-refractivity contribution in [3.63, 3.8) is 0 Å². The van der Waals surface area contributed by atoms with Gasteiger partial charge in [0, 0.05) is 11.3 Å². The Labute approximate surface area is 104 Å². The van der Waals surface area contributed by atoms with E-state index in [9.17, 15) is 10.1 Å². The summed E-state index contributed by atoms with van der Waals surface area (Å²) < 4.78 is 7.54. The number of nitrogens with zero attached hydrogens (tertiary/aromatic N) is 2. The van der Waals surface area contributed by atoms with Gasteiger partial charge in [-0.05, 0) is 38.8 Å². The zero-order valence-corrected chi connectivity index (χ0v) is 10.4. The molecule has 5 nitrogen and oxygen atoms in total. The second kappa shape index (κ2) is 3.73. The quantitative estimate of drug-likeness (QED) is 0.619. The zero-order valence-electron chi connectivity index (χ0n) is 10.4. The maximum atomic E-state index is 12.4. The summed E-state index contributed by atoms with van der Waals surface area (Å²) in [5.74, 6) is 1.24. The van der Waals surface area contributed by atoms with Crippen molar-refractivity contribution in [2.75, 3.05) is 0 Å². The van der Waals surface area contributed by atoms with Crippen molar-refractivity contribution in [1.82, 2.24) is 4.73 Å². The summed E-state index contributed by atoms with van der Waals surface area (Å²) in [6.07, 6.45) is 2.34. The van der Waals surface area contributed by atoms with Crippen LogP contribution in [0.1, 0.15) is 29.3 Å². The van der Waals surface area contributed by atoms with Crippen LogP contribution in [0.2, 0.25) is 0 Å². The normalized spacial score (nSPS) is 13.9. The largest absolute Gasteiger partial charge is 0.455 e. The van der Waals surface area contributed by atoms with E-state index in [1.165, 1.54) is 0 Å². The molecule has 0 atom stereocenters. The molecule has 0 radical (unpaired) electrons.